The van der Waals surface area contributed by atoms with Gasteiger partial charge in [0.05, 0.1) is 19.5 Å². The van der Waals surface area contributed by atoms with Gasteiger partial charge in [-0.15, -0.1) is 45.3 Å². The molecule has 10 heterocycles. The topological polar surface area (TPSA) is 73.8 Å². The van der Waals surface area contributed by atoms with Crippen molar-refractivity contribution < 1.29 is 37.9 Å². The predicted octanol–water partition coefficient (Wildman–Crippen LogP) is 10.5. The van der Waals surface area contributed by atoms with Crippen LogP contribution in [0, 0.1) is 27.7 Å². The lowest BCUT2D eigenvalue weighted by Crippen LogP contribution is -2.15. The first-order chi connectivity index (χ1) is 25.4. The van der Waals surface area contributed by atoms with E-state index in [0.717, 1.165) is 116 Å². The van der Waals surface area contributed by atoms with E-state index >= 15 is 0 Å². The largest absolute Gasteiger partial charge is 0.485 e. The second-order valence-electron chi connectivity index (χ2n) is 12.5. The SMILES string of the molecule is Cc1sc(C2=CC(=C3C=C(c4sc(C)c5c4OCCO5)SC(c4sc(C)c5c4OCCO5)=C3)C=C(c3sc(C)c4c3OCCO4)S2)c2c1OCCO2. The summed E-state index contributed by atoms with van der Waals surface area (Å²) in [6, 6.07) is 0. The van der Waals surface area contributed by atoms with Crippen LogP contribution in [0.4, 0.5) is 0 Å². The molecule has 0 fully saturated rings. The molecule has 0 saturated heterocycles. The third kappa shape index (κ3) is 5.51. The van der Waals surface area contributed by atoms with Gasteiger partial charge in [-0.2, -0.15) is 0 Å². The van der Waals surface area contributed by atoms with Crippen LogP contribution < -0.4 is 37.9 Å². The van der Waals surface area contributed by atoms with Crippen LogP contribution in [0.5, 0.6) is 46.0 Å². The number of fused-ring (bicyclic) bond motifs is 4. The number of aryl methyl sites for hydroxylation is 4. The van der Waals surface area contributed by atoms with E-state index in [1.807, 2.05) is 0 Å². The third-order valence-electron chi connectivity index (χ3n) is 9.07. The van der Waals surface area contributed by atoms with Crippen LogP contribution in [-0.4, -0.2) is 52.9 Å². The lowest BCUT2D eigenvalue weighted by molar-refractivity contribution is 0.172. The van der Waals surface area contributed by atoms with Gasteiger partial charge in [0.25, 0.3) is 0 Å². The smallest absolute Gasteiger partial charge is 0.180 e. The Balaban J connectivity index is 1.20. The Hall–Kier alpha value is -3.40. The predicted molar refractivity (Wildman–Crippen MR) is 214 cm³/mol. The van der Waals surface area contributed by atoms with Crippen LogP contribution in [0.15, 0.2) is 35.5 Å². The summed E-state index contributed by atoms with van der Waals surface area (Å²) in [5.41, 5.74) is 2.15. The highest BCUT2D eigenvalue weighted by Gasteiger charge is 2.34. The van der Waals surface area contributed by atoms with Crippen molar-refractivity contribution in [3.8, 4) is 46.0 Å². The average Bonchev–Trinajstić information content (AvgIpc) is 3.92. The quantitative estimate of drug-likeness (QED) is 0.199. The first-order valence-electron chi connectivity index (χ1n) is 17.0. The van der Waals surface area contributed by atoms with E-state index in [2.05, 4.69) is 52.0 Å². The van der Waals surface area contributed by atoms with Gasteiger partial charge in [0.1, 0.15) is 52.9 Å². The Bertz CT molecular complexity index is 2010. The molecule has 0 spiro atoms. The molecule has 0 N–H and O–H groups in total. The Morgan fingerprint density at radius 1 is 0.327 bits per heavy atom. The Morgan fingerprint density at radius 3 is 0.769 bits per heavy atom. The number of hydrogen-bond acceptors (Lipinski definition) is 14. The van der Waals surface area contributed by atoms with Crippen molar-refractivity contribution in [2.75, 3.05) is 52.9 Å². The first kappa shape index (κ1) is 33.2. The zero-order chi connectivity index (χ0) is 35.1. The summed E-state index contributed by atoms with van der Waals surface area (Å²) in [6.07, 6.45) is 9.16. The maximum Gasteiger partial charge on any atom is 0.180 e. The van der Waals surface area contributed by atoms with Gasteiger partial charge < -0.3 is 37.9 Å². The molecule has 8 nitrogen and oxygen atoms in total. The standard InChI is InChI=1S/C38H32O8S6/c1-17-27-31(43-9-5-39-27)35(47-17)23-13-21(14-24(51-23)36-32-28(18(2)48-36)40-6-10-44-32)22-15-25(37-33-29(19(3)49-37)41-7-11-45-33)52-26(16-22)38-34-30(20(4)50-38)42-8-12-46-34/h13-16H,5-12H2,1-4H3. The molecular formula is C38H32O8S6. The van der Waals surface area contributed by atoms with Crippen LogP contribution in [0.3, 0.4) is 0 Å². The molecular weight excluding hydrogens is 777 g/mol. The van der Waals surface area contributed by atoms with Crippen molar-refractivity contribution in [1.29, 1.82) is 0 Å². The first-order valence-corrected chi connectivity index (χ1v) is 21.9. The van der Waals surface area contributed by atoms with Crippen LogP contribution in [-0.2, 0) is 0 Å². The molecule has 0 aliphatic carbocycles. The van der Waals surface area contributed by atoms with E-state index in [-0.39, 0.29) is 0 Å². The van der Waals surface area contributed by atoms with Gasteiger partial charge in [0.15, 0.2) is 46.0 Å². The molecule has 6 aliphatic rings. The van der Waals surface area contributed by atoms with Gasteiger partial charge in [0, 0.05) is 39.1 Å². The Kier molecular flexibility index (Phi) is 8.40. The van der Waals surface area contributed by atoms with Gasteiger partial charge >= 0.3 is 0 Å². The molecule has 52 heavy (non-hydrogen) atoms. The lowest BCUT2D eigenvalue weighted by atomic mass is 10.0. The minimum atomic E-state index is 0.523. The van der Waals surface area contributed by atoms with Crippen molar-refractivity contribution in [3.05, 3.63) is 74.5 Å². The van der Waals surface area contributed by atoms with E-state index < -0.39 is 0 Å². The molecule has 268 valence electrons. The maximum absolute atomic E-state index is 6.28. The fraction of sp³-hybridized carbons (Fsp3) is 0.316. The molecule has 0 atom stereocenters. The van der Waals surface area contributed by atoms with Gasteiger partial charge in [-0.3, -0.25) is 0 Å². The molecule has 14 heteroatoms. The molecule has 10 rings (SSSR count). The normalized spacial score (nSPS) is 18.8. The van der Waals surface area contributed by atoms with Gasteiger partial charge in [0.2, 0.25) is 0 Å². The minimum Gasteiger partial charge on any atom is -0.485 e. The Morgan fingerprint density at radius 2 is 0.538 bits per heavy atom. The molecule has 4 aromatic rings. The third-order valence-corrected chi connectivity index (χ3v) is 16.2. The lowest BCUT2D eigenvalue weighted by Gasteiger charge is -2.23. The number of rotatable bonds is 4. The van der Waals surface area contributed by atoms with Gasteiger partial charge in [-0.05, 0) is 63.1 Å². The van der Waals surface area contributed by atoms with Crippen LogP contribution >= 0.6 is 68.9 Å². The summed E-state index contributed by atoms with van der Waals surface area (Å²) >= 11 is 10.3. The highest BCUT2D eigenvalue weighted by molar-refractivity contribution is 8.17. The number of hydrogen-bond donors (Lipinski definition) is 0. The molecule has 0 radical (unpaired) electrons. The second kappa shape index (κ2) is 13.2. The summed E-state index contributed by atoms with van der Waals surface area (Å²) in [5.74, 6) is 6.67. The van der Waals surface area contributed by atoms with Crippen LogP contribution in [0.2, 0.25) is 0 Å². The minimum absolute atomic E-state index is 0.523. The molecule has 0 saturated carbocycles. The Labute approximate surface area is 325 Å². The highest BCUT2D eigenvalue weighted by Crippen LogP contribution is 2.60. The summed E-state index contributed by atoms with van der Waals surface area (Å²) < 4.78 is 49.5. The second-order valence-corrected chi connectivity index (χ2v) is 19.6. The van der Waals surface area contributed by atoms with Crippen molar-refractivity contribution >= 4 is 88.5 Å². The van der Waals surface area contributed by atoms with Crippen LogP contribution in [0.25, 0.3) is 19.6 Å². The van der Waals surface area contributed by atoms with E-state index in [1.54, 1.807) is 68.9 Å². The fourth-order valence-electron chi connectivity index (χ4n) is 6.81. The maximum atomic E-state index is 6.28. The molecule has 0 unspecified atom stereocenters. The fourth-order valence-corrected chi connectivity index (χ4v) is 13.6. The van der Waals surface area contributed by atoms with Gasteiger partial charge in [-0.1, -0.05) is 23.5 Å². The molecule has 4 aromatic heterocycles. The summed E-state index contributed by atoms with van der Waals surface area (Å²) in [7, 11) is 0. The molecule has 0 bridgehead atoms. The van der Waals surface area contributed by atoms with Crippen molar-refractivity contribution in [2.45, 2.75) is 27.7 Å². The van der Waals surface area contributed by atoms with E-state index in [4.69, 9.17) is 37.9 Å². The van der Waals surface area contributed by atoms with E-state index in [1.165, 1.54) is 0 Å². The number of allylic oxidation sites excluding steroid dienone is 6. The zero-order valence-electron chi connectivity index (χ0n) is 28.7. The van der Waals surface area contributed by atoms with Crippen molar-refractivity contribution in [1.82, 2.24) is 0 Å². The summed E-state index contributed by atoms with van der Waals surface area (Å²) in [6.45, 7) is 12.7. The molecule has 6 aliphatic heterocycles. The van der Waals surface area contributed by atoms with Crippen molar-refractivity contribution in [3.63, 3.8) is 0 Å². The van der Waals surface area contributed by atoms with E-state index in [9.17, 15) is 0 Å². The number of thioether (sulfide) groups is 2. The van der Waals surface area contributed by atoms with Crippen LogP contribution in [0.1, 0.15) is 39.0 Å². The summed E-state index contributed by atoms with van der Waals surface area (Å²) in [5, 5.41) is 0. The molecule has 0 aromatic carbocycles. The monoisotopic (exact) mass is 808 g/mol. The average molecular weight is 809 g/mol. The number of thiophene rings is 4. The van der Waals surface area contributed by atoms with Crippen molar-refractivity contribution in [2.24, 2.45) is 0 Å². The molecule has 0 amide bonds. The van der Waals surface area contributed by atoms with E-state index in [0.29, 0.717) is 52.9 Å². The highest BCUT2D eigenvalue weighted by atomic mass is 32.2. The van der Waals surface area contributed by atoms with Gasteiger partial charge in [-0.25, -0.2) is 0 Å². The summed E-state index contributed by atoms with van der Waals surface area (Å²) in [4.78, 5) is 13.1. The zero-order valence-corrected chi connectivity index (χ0v) is 33.6. The number of ether oxygens (including phenoxy) is 8.